The molecule has 0 unspecified atom stereocenters. The number of anilines is 1. The van der Waals surface area contributed by atoms with Crippen molar-refractivity contribution < 1.29 is 26.7 Å². The molecular weight excluding hydrogens is 634 g/mol. The van der Waals surface area contributed by atoms with Crippen molar-refractivity contribution in [2.45, 2.75) is 55.5 Å². The van der Waals surface area contributed by atoms with Gasteiger partial charge in [0, 0.05) is 63.1 Å². The van der Waals surface area contributed by atoms with Crippen molar-refractivity contribution in [3.8, 4) is 0 Å². The maximum absolute atomic E-state index is 15.4. The van der Waals surface area contributed by atoms with Crippen molar-refractivity contribution in [1.82, 2.24) is 14.9 Å². The molecule has 2 aliphatic heterocycles. The topological polar surface area (TPSA) is 99.8 Å². The average molecular weight is 675 g/mol. The number of carbonyl (C=O) groups is 1. The Labute approximate surface area is 274 Å². The molecule has 0 radical (unpaired) electrons. The molecule has 3 aromatic carbocycles. The third-order valence-corrected chi connectivity index (χ3v) is 11.0. The number of halogens is 3. The van der Waals surface area contributed by atoms with Crippen LogP contribution in [0.1, 0.15) is 36.8 Å². The SMILES string of the molecule is O=C(NCCC1CCOCC1)[C@H](Cc1ccc(Cl)c(F)c1)Nc1cccc(F)c1CC[C@H]1CNCCN1S(=O)(=O)c1ccccc1. The monoisotopic (exact) mass is 674 g/mol. The van der Waals surface area contributed by atoms with Crippen molar-refractivity contribution in [3.63, 3.8) is 0 Å². The van der Waals surface area contributed by atoms with E-state index < -0.39 is 33.7 Å². The first-order valence-corrected chi connectivity index (χ1v) is 17.6. The Morgan fingerprint density at radius 3 is 2.57 bits per heavy atom. The van der Waals surface area contributed by atoms with Crippen molar-refractivity contribution in [2.24, 2.45) is 5.92 Å². The van der Waals surface area contributed by atoms with E-state index in [9.17, 15) is 17.6 Å². The summed E-state index contributed by atoms with van der Waals surface area (Å²) in [5.41, 5.74) is 1.35. The summed E-state index contributed by atoms with van der Waals surface area (Å²) in [4.78, 5) is 13.8. The smallest absolute Gasteiger partial charge is 0.243 e. The van der Waals surface area contributed by atoms with Gasteiger partial charge in [0.1, 0.15) is 17.7 Å². The second-order valence-electron chi connectivity index (χ2n) is 11.9. The van der Waals surface area contributed by atoms with Crippen LogP contribution in [0.2, 0.25) is 5.02 Å². The fourth-order valence-electron chi connectivity index (χ4n) is 6.15. The summed E-state index contributed by atoms with van der Waals surface area (Å²) in [5, 5.41) is 9.51. The second kappa shape index (κ2) is 16.1. The lowest BCUT2D eigenvalue weighted by molar-refractivity contribution is -0.121. The summed E-state index contributed by atoms with van der Waals surface area (Å²) in [7, 11) is -3.74. The number of piperazine rings is 1. The van der Waals surface area contributed by atoms with Crippen LogP contribution in [0.5, 0.6) is 0 Å². The number of hydrogen-bond donors (Lipinski definition) is 3. The third kappa shape index (κ3) is 8.83. The highest BCUT2D eigenvalue weighted by Crippen LogP contribution is 2.27. The highest BCUT2D eigenvalue weighted by Gasteiger charge is 2.33. The van der Waals surface area contributed by atoms with Crippen LogP contribution in [-0.2, 0) is 32.4 Å². The number of benzene rings is 3. The van der Waals surface area contributed by atoms with Crippen molar-refractivity contribution in [1.29, 1.82) is 0 Å². The third-order valence-electron chi connectivity index (χ3n) is 8.76. The van der Waals surface area contributed by atoms with Gasteiger partial charge >= 0.3 is 0 Å². The number of nitrogens with zero attached hydrogens (tertiary/aromatic N) is 1. The lowest BCUT2D eigenvalue weighted by Gasteiger charge is -2.35. The molecule has 2 aliphatic rings. The number of ether oxygens (including phenoxy) is 1. The molecule has 0 aliphatic carbocycles. The van der Waals surface area contributed by atoms with Crippen LogP contribution in [0.25, 0.3) is 0 Å². The Morgan fingerprint density at radius 1 is 1.02 bits per heavy atom. The highest BCUT2D eigenvalue weighted by molar-refractivity contribution is 7.89. The standard InChI is InChI=1S/C34H41ClF2N4O4S/c35-29-12-9-25(21-31(29)37)22-33(34(42)39-16-13-24-14-19-45-20-15-24)40-32-8-4-7-30(36)28(32)11-10-26-23-38-17-18-41(26)46(43,44)27-5-2-1-3-6-27/h1-9,12,21,24,26,33,38,40H,10-11,13-20,22-23H2,(H,39,42)/t26-,33-/m0/s1. The molecule has 3 aromatic rings. The maximum Gasteiger partial charge on any atom is 0.243 e. The summed E-state index contributed by atoms with van der Waals surface area (Å²) in [6.07, 6.45) is 3.46. The molecule has 2 heterocycles. The molecule has 12 heteroatoms. The Balaban J connectivity index is 1.32. The first-order chi connectivity index (χ1) is 22.2. The normalized spacial score (nSPS) is 18.6. The molecule has 46 heavy (non-hydrogen) atoms. The number of hydrogen-bond acceptors (Lipinski definition) is 6. The van der Waals surface area contributed by atoms with Gasteiger partial charge in [0.05, 0.1) is 9.92 Å². The van der Waals surface area contributed by atoms with Gasteiger partial charge in [-0.3, -0.25) is 4.79 Å². The van der Waals surface area contributed by atoms with E-state index in [1.807, 2.05) is 0 Å². The van der Waals surface area contributed by atoms with Crippen molar-refractivity contribution >= 4 is 33.2 Å². The zero-order valence-electron chi connectivity index (χ0n) is 25.7. The first-order valence-electron chi connectivity index (χ1n) is 15.8. The van der Waals surface area contributed by atoms with Crippen LogP contribution in [0.4, 0.5) is 14.5 Å². The van der Waals surface area contributed by atoms with E-state index in [2.05, 4.69) is 16.0 Å². The van der Waals surface area contributed by atoms with E-state index >= 15 is 4.39 Å². The predicted octanol–water partition coefficient (Wildman–Crippen LogP) is 5.17. The van der Waals surface area contributed by atoms with E-state index in [1.165, 1.54) is 22.5 Å². The minimum absolute atomic E-state index is 0.0119. The van der Waals surface area contributed by atoms with Gasteiger partial charge < -0.3 is 20.7 Å². The molecule has 1 amide bonds. The quantitative estimate of drug-likeness (QED) is 0.232. The molecule has 0 bridgehead atoms. The molecule has 8 nitrogen and oxygen atoms in total. The van der Waals surface area contributed by atoms with Crippen molar-refractivity contribution in [2.75, 3.05) is 44.7 Å². The molecule has 2 saturated heterocycles. The number of nitrogens with one attached hydrogen (secondary N) is 3. The fraction of sp³-hybridized carbons (Fsp3) is 0.441. The van der Waals surface area contributed by atoms with Crippen LogP contribution in [0.3, 0.4) is 0 Å². The van der Waals surface area contributed by atoms with Gasteiger partial charge in [0.2, 0.25) is 15.9 Å². The number of carbonyl (C=O) groups excluding carboxylic acids is 1. The Morgan fingerprint density at radius 2 is 1.80 bits per heavy atom. The van der Waals surface area contributed by atoms with Gasteiger partial charge in [-0.1, -0.05) is 41.9 Å². The number of rotatable bonds is 13. The molecule has 5 rings (SSSR count). The van der Waals surface area contributed by atoms with Crippen molar-refractivity contribution in [3.05, 3.63) is 94.5 Å². The fourth-order valence-corrected chi connectivity index (χ4v) is 7.94. The zero-order chi connectivity index (χ0) is 32.5. The number of amides is 1. The van der Waals surface area contributed by atoms with E-state index in [1.54, 1.807) is 48.5 Å². The molecule has 0 aromatic heterocycles. The summed E-state index contributed by atoms with van der Waals surface area (Å²) in [5.74, 6) is -0.850. The maximum atomic E-state index is 15.4. The van der Waals surface area contributed by atoms with E-state index in [4.69, 9.17) is 16.3 Å². The van der Waals surface area contributed by atoms with E-state index in [-0.39, 0.29) is 28.7 Å². The molecule has 2 atom stereocenters. The molecular formula is C34H41ClF2N4O4S. The van der Waals surface area contributed by atoms with Gasteiger partial charge in [-0.2, -0.15) is 4.31 Å². The predicted molar refractivity (Wildman–Crippen MR) is 175 cm³/mol. The van der Waals surface area contributed by atoms with Crippen LogP contribution in [-0.4, -0.2) is 70.1 Å². The largest absolute Gasteiger partial charge is 0.381 e. The summed E-state index contributed by atoms with van der Waals surface area (Å²) >= 11 is 5.90. The van der Waals surface area contributed by atoms with Crippen LogP contribution in [0, 0.1) is 17.6 Å². The Bertz CT molecular complexity index is 1570. The highest BCUT2D eigenvalue weighted by atomic mass is 35.5. The van der Waals surface area contributed by atoms with Crippen LogP contribution >= 0.6 is 11.6 Å². The number of sulfonamides is 1. The first kappa shape index (κ1) is 34.3. The molecule has 248 valence electrons. The molecule has 2 fully saturated rings. The Kier molecular flexibility index (Phi) is 12.0. The van der Waals surface area contributed by atoms with Gasteiger partial charge in [0.25, 0.3) is 0 Å². The Hall–Kier alpha value is -3.09. The minimum atomic E-state index is -3.74. The average Bonchev–Trinajstić information content (AvgIpc) is 3.07. The lowest BCUT2D eigenvalue weighted by atomic mass is 9.96. The van der Waals surface area contributed by atoms with Gasteiger partial charge in [0.15, 0.2) is 0 Å². The summed E-state index contributed by atoms with van der Waals surface area (Å²) in [6, 6.07) is 16.1. The summed E-state index contributed by atoms with van der Waals surface area (Å²) < 4.78 is 63.7. The second-order valence-corrected chi connectivity index (χ2v) is 14.2. The zero-order valence-corrected chi connectivity index (χ0v) is 27.3. The van der Waals surface area contributed by atoms with Gasteiger partial charge in [-0.25, -0.2) is 17.2 Å². The molecule has 0 saturated carbocycles. The summed E-state index contributed by atoms with van der Waals surface area (Å²) in [6.45, 7) is 3.18. The van der Waals surface area contributed by atoms with E-state index in [0.29, 0.717) is 55.3 Å². The van der Waals surface area contributed by atoms with Gasteiger partial charge in [-0.15, -0.1) is 0 Å². The molecule has 3 N–H and O–H groups in total. The lowest BCUT2D eigenvalue weighted by Crippen LogP contribution is -2.53. The molecule has 0 spiro atoms. The van der Waals surface area contributed by atoms with E-state index in [0.717, 1.165) is 32.5 Å². The minimum Gasteiger partial charge on any atom is -0.381 e. The van der Waals surface area contributed by atoms with Crippen LogP contribution in [0.15, 0.2) is 71.6 Å². The van der Waals surface area contributed by atoms with Gasteiger partial charge in [-0.05, 0) is 80.0 Å². The van der Waals surface area contributed by atoms with Crippen LogP contribution < -0.4 is 16.0 Å².